The predicted molar refractivity (Wildman–Crippen MR) is 73.1 cm³/mol. The van der Waals surface area contributed by atoms with Crippen LogP contribution in [-0.2, 0) is 0 Å². The standard InChI is InChI=1S/C14H29N3/c1-16(9-10-17-7-2-3-8-17)12-14-6-4-5-13(14)11-15/h13-14H,2-12,15H2,1H3. The van der Waals surface area contributed by atoms with Crippen molar-refractivity contribution < 1.29 is 0 Å². The number of hydrogen-bond donors (Lipinski definition) is 1. The van der Waals surface area contributed by atoms with Crippen LogP contribution in [0.15, 0.2) is 0 Å². The molecule has 0 radical (unpaired) electrons. The quantitative estimate of drug-likeness (QED) is 0.760. The number of likely N-dealkylation sites (tertiary alicyclic amines) is 1. The molecule has 2 aliphatic rings. The van der Waals surface area contributed by atoms with Crippen molar-refractivity contribution in [2.24, 2.45) is 17.6 Å². The molecule has 3 heteroatoms. The first-order valence-corrected chi connectivity index (χ1v) is 7.40. The van der Waals surface area contributed by atoms with E-state index in [-0.39, 0.29) is 0 Å². The van der Waals surface area contributed by atoms with Crippen molar-refractivity contribution >= 4 is 0 Å². The summed E-state index contributed by atoms with van der Waals surface area (Å²) < 4.78 is 0. The SMILES string of the molecule is CN(CCN1CCCC1)CC1CCCC1CN. The summed E-state index contributed by atoms with van der Waals surface area (Å²) in [5.41, 5.74) is 5.85. The lowest BCUT2D eigenvalue weighted by atomic mass is 9.96. The van der Waals surface area contributed by atoms with Gasteiger partial charge in [-0.15, -0.1) is 0 Å². The summed E-state index contributed by atoms with van der Waals surface area (Å²) in [6, 6.07) is 0. The molecule has 2 rings (SSSR count). The molecule has 0 spiro atoms. The maximum absolute atomic E-state index is 5.85. The monoisotopic (exact) mass is 239 g/mol. The van der Waals surface area contributed by atoms with Crippen molar-refractivity contribution in [3.63, 3.8) is 0 Å². The highest BCUT2D eigenvalue weighted by Crippen LogP contribution is 2.31. The Bertz CT molecular complexity index is 214. The van der Waals surface area contributed by atoms with Crippen molar-refractivity contribution in [2.75, 3.05) is 46.3 Å². The zero-order chi connectivity index (χ0) is 12.1. The molecular formula is C14H29N3. The lowest BCUT2D eigenvalue weighted by molar-refractivity contribution is 0.212. The second-order valence-corrected chi connectivity index (χ2v) is 6.00. The Morgan fingerprint density at radius 1 is 1.12 bits per heavy atom. The van der Waals surface area contributed by atoms with Crippen molar-refractivity contribution in [1.82, 2.24) is 9.80 Å². The molecule has 3 nitrogen and oxygen atoms in total. The topological polar surface area (TPSA) is 32.5 Å². The van der Waals surface area contributed by atoms with E-state index in [1.54, 1.807) is 0 Å². The highest BCUT2D eigenvalue weighted by atomic mass is 15.2. The van der Waals surface area contributed by atoms with Crippen molar-refractivity contribution in [3.05, 3.63) is 0 Å². The van der Waals surface area contributed by atoms with Crippen LogP contribution in [0.3, 0.4) is 0 Å². The molecule has 1 heterocycles. The molecular weight excluding hydrogens is 210 g/mol. The third-order valence-corrected chi connectivity index (χ3v) is 4.66. The van der Waals surface area contributed by atoms with E-state index in [0.717, 1.165) is 18.4 Å². The van der Waals surface area contributed by atoms with E-state index < -0.39 is 0 Å². The molecule has 1 aliphatic heterocycles. The van der Waals surface area contributed by atoms with Gasteiger partial charge in [0.25, 0.3) is 0 Å². The summed E-state index contributed by atoms with van der Waals surface area (Å²) in [6.45, 7) is 7.29. The lowest BCUT2D eigenvalue weighted by Gasteiger charge is -2.26. The van der Waals surface area contributed by atoms with E-state index in [1.165, 1.54) is 64.8 Å². The Balaban J connectivity index is 1.64. The van der Waals surface area contributed by atoms with Crippen LogP contribution in [0.25, 0.3) is 0 Å². The summed E-state index contributed by atoms with van der Waals surface area (Å²) in [4.78, 5) is 5.13. The number of nitrogens with zero attached hydrogens (tertiary/aromatic N) is 2. The van der Waals surface area contributed by atoms with Gasteiger partial charge in [-0.25, -0.2) is 0 Å². The summed E-state index contributed by atoms with van der Waals surface area (Å²) in [7, 11) is 2.28. The van der Waals surface area contributed by atoms with Crippen LogP contribution in [0.1, 0.15) is 32.1 Å². The van der Waals surface area contributed by atoms with Crippen molar-refractivity contribution in [3.8, 4) is 0 Å². The van der Waals surface area contributed by atoms with Gasteiger partial charge in [-0.2, -0.15) is 0 Å². The van der Waals surface area contributed by atoms with Gasteiger partial charge in [0.2, 0.25) is 0 Å². The lowest BCUT2D eigenvalue weighted by Crippen LogP contribution is -2.36. The first-order valence-electron chi connectivity index (χ1n) is 7.40. The number of nitrogens with two attached hydrogens (primary N) is 1. The molecule has 2 fully saturated rings. The Morgan fingerprint density at radius 2 is 1.82 bits per heavy atom. The van der Waals surface area contributed by atoms with E-state index in [1.807, 2.05) is 0 Å². The molecule has 2 unspecified atom stereocenters. The number of hydrogen-bond acceptors (Lipinski definition) is 3. The maximum atomic E-state index is 5.85. The fourth-order valence-corrected chi connectivity index (χ4v) is 3.47. The molecule has 0 aromatic heterocycles. The minimum Gasteiger partial charge on any atom is -0.330 e. The van der Waals surface area contributed by atoms with Crippen LogP contribution in [0, 0.1) is 11.8 Å². The second kappa shape index (κ2) is 6.72. The van der Waals surface area contributed by atoms with Gasteiger partial charge in [-0.3, -0.25) is 0 Å². The summed E-state index contributed by atoms with van der Waals surface area (Å²) in [6.07, 6.45) is 6.97. The average Bonchev–Trinajstić information content (AvgIpc) is 2.97. The van der Waals surface area contributed by atoms with Crippen molar-refractivity contribution in [2.45, 2.75) is 32.1 Å². The Morgan fingerprint density at radius 3 is 2.53 bits per heavy atom. The molecule has 1 aliphatic carbocycles. The molecule has 0 amide bonds. The van der Waals surface area contributed by atoms with Crippen LogP contribution in [0.2, 0.25) is 0 Å². The first-order chi connectivity index (χ1) is 8.29. The molecule has 2 N–H and O–H groups in total. The first kappa shape index (κ1) is 13.3. The Hall–Kier alpha value is -0.120. The van der Waals surface area contributed by atoms with Gasteiger partial charge in [0.1, 0.15) is 0 Å². The molecule has 0 bridgehead atoms. The molecule has 0 aromatic carbocycles. The van der Waals surface area contributed by atoms with Gasteiger partial charge in [-0.05, 0) is 64.2 Å². The third kappa shape index (κ3) is 3.94. The Kier molecular flexibility index (Phi) is 5.26. The number of likely N-dealkylation sites (N-methyl/N-ethyl adjacent to an activating group) is 1. The fraction of sp³-hybridized carbons (Fsp3) is 1.00. The zero-order valence-electron chi connectivity index (χ0n) is 11.4. The highest BCUT2D eigenvalue weighted by molar-refractivity contribution is 4.80. The highest BCUT2D eigenvalue weighted by Gasteiger charge is 2.26. The fourth-order valence-electron chi connectivity index (χ4n) is 3.47. The van der Waals surface area contributed by atoms with Crippen LogP contribution in [-0.4, -0.2) is 56.1 Å². The van der Waals surface area contributed by atoms with Crippen molar-refractivity contribution in [1.29, 1.82) is 0 Å². The predicted octanol–water partition coefficient (Wildman–Crippen LogP) is 1.39. The summed E-state index contributed by atoms with van der Waals surface area (Å²) in [5, 5.41) is 0. The van der Waals surface area contributed by atoms with Gasteiger partial charge in [-0.1, -0.05) is 6.42 Å². The van der Waals surface area contributed by atoms with Crippen LogP contribution >= 0.6 is 0 Å². The zero-order valence-corrected chi connectivity index (χ0v) is 11.4. The van der Waals surface area contributed by atoms with Crippen LogP contribution in [0.5, 0.6) is 0 Å². The van der Waals surface area contributed by atoms with E-state index >= 15 is 0 Å². The van der Waals surface area contributed by atoms with E-state index in [9.17, 15) is 0 Å². The molecule has 17 heavy (non-hydrogen) atoms. The van der Waals surface area contributed by atoms with E-state index in [2.05, 4.69) is 16.8 Å². The van der Waals surface area contributed by atoms with Crippen LogP contribution in [0.4, 0.5) is 0 Å². The minimum atomic E-state index is 0.796. The normalized spacial score (nSPS) is 30.5. The third-order valence-electron chi connectivity index (χ3n) is 4.66. The largest absolute Gasteiger partial charge is 0.330 e. The van der Waals surface area contributed by atoms with Gasteiger partial charge < -0.3 is 15.5 Å². The summed E-state index contributed by atoms with van der Waals surface area (Å²) in [5.74, 6) is 1.66. The van der Waals surface area contributed by atoms with Crippen LogP contribution < -0.4 is 5.73 Å². The molecule has 1 saturated heterocycles. The van der Waals surface area contributed by atoms with Gasteiger partial charge >= 0.3 is 0 Å². The maximum Gasteiger partial charge on any atom is 0.0109 e. The molecule has 2 atom stereocenters. The average molecular weight is 239 g/mol. The second-order valence-electron chi connectivity index (χ2n) is 6.00. The summed E-state index contributed by atoms with van der Waals surface area (Å²) >= 11 is 0. The minimum absolute atomic E-state index is 0.796. The number of rotatable bonds is 6. The van der Waals surface area contributed by atoms with E-state index in [0.29, 0.717) is 0 Å². The van der Waals surface area contributed by atoms with Gasteiger partial charge in [0, 0.05) is 19.6 Å². The smallest absolute Gasteiger partial charge is 0.0109 e. The van der Waals surface area contributed by atoms with Gasteiger partial charge in [0.15, 0.2) is 0 Å². The molecule has 100 valence electrons. The molecule has 1 saturated carbocycles. The molecule has 0 aromatic rings. The Labute approximate surface area is 106 Å². The van der Waals surface area contributed by atoms with E-state index in [4.69, 9.17) is 5.73 Å². The van der Waals surface area contributed by atoms with Gasteiger partial charge in [0.05, 0.1) is 0 Å².